The standard InChI is InChI=1S/C21H18F3N3O/c1-13-17-18(26-11-10-25-13)20(28)27(16-8-3-2-4-9-16)19(17)14-6-5-7-15(12-14)21(22,23)24/h2-9,12,19,25H,10-11H2,1H3. The molecule has 7 heteroatoms. The van der Waals surface area contributed by atoms with Gasteiger partial charge >= 0.3 is 6.18 Å². The van der Waals surface area contributed by atoms with Crippen LogP contribution in [-0.4, -0.2) is 24.7 Å². The molecule has 28 heavy (non-hydrogen) atoms. The number of benzene rings is 2. The Morgan fingerprint density at radius 2 is 1.86 bits per heavy atom. The van der Waals surface area contributed by atoms with Gasteiger partial charge in [0.15, 0.2) is 0 Å². The monoisotopic (exact) mass is 385 g/mol. The summed E-state index contributed by atoms with van der Waals surface area (Å²) in [6.45, 7) is 2.84. The summed E-state index contributed by atoms with van der Waals surface area (Å²) in [4.78, 5) is 19.2. The van der Waals surface area contributed by atoms with Crippen LogP contribution in [0.4, 0.5) is 18.9 Å². The molecule has 4 rings (SSSR count). The number of carbonyl (C=O) groups is 1. The lowest BCUT2D eigenvalue weighted by Gasteiger charge is -2.26. The van der Waals surface area contributed by atoms with Crippen LogP contribution in [-0.2, 0) is 11.0 Å². The van der Waals surface area contributed by atoms with Crippen molar-refractivity contribution in [2.45, 2.75) is 19.1 Å². The topological polar surface area (TPSA) is 44.7 Å². The predicted molar refractivity (Wildman–Crippen MR) is 101 cm³/mol. The maximum Gasteiger partial charge on any atom is 0.416 e. The molecule has 0 aliphatic carbocycles. The molecule has 2 heterocycles. The van der Waals surface area contributed by atoms with E-state index in [2.05, 4.69) is 10.3 Å². The number of allylic oxidation sites excluding steroid dienone is 1. The molecule has 1 saturated heterocycles. The van der Waals surface area contributed by atoms with Gasteiger partial charge in [0, 0.05) is 23.5 Å². The summed E-state index contributed by atoms with van der Waals surface area (Å²) in [5, 5.41) is 3.22. The Morgan fingerprint density at radius 1 is 1.11 bits per heavy atom. The van der Waals surface area contributed by atoms with Gasteiger partial charge in [-0.15, -0.1) is 0 Å². The molecule has 0 spiro atoms. The number of para-hydroxylation sites is 1. The lowest BCUT2D eigenvalue weighted by atomic mass is 9.95. The number of rotatable bonds is 2. The largest absolute Gasteiger partial charge is 0.416 e. The van der Waals surface area contributed by atoms with Crippen LogP contribution in [0.15, 0.2) is 70.9 Å². The van der Waals surface area contributed by atoms with Crippen LogP contribution in [0, 0.1) is 0 Å². The number of hydrogen-bond acceptors (Lipinski definition) is 3. The first-order chi connectivity index (χ1) is 13.4. The average molecular weight is 385 g/mol. The van der Waals surface area contributed by atoms with E-state index in [4.69, 9.17) is 0 Å². The van der Waals surface area contributed by atoms with E-state index in [1.54, 1.807) is 30.3 Å². The summed E-state index contributed by atoms with van der Waals surface area (Å²) >= 11 is 0. The zero-order valence-corrected chi connectivity index (χ0v) is 15.1. The highest BCUT2D eigenvalue weighted by molar-refractivity contribution is 6.53. The predicted octanol–water partition coefficient (Wildman–Crippen LogP) is 4.11. The Morgan fingerprint density at radius 3 is 2.57 bits per heavy atom. The van der Waals surface area contributed by atoms with Crippen molar-refractivity contribution in [1.82, 2.24) is 5.32 Å². The molecule has 2 aromatic rings. The van der Waals surface area contributed by atoms with Crippen LogP contribution >= 0.6 is 0 Å². The van der Waals surface area contributed by atoms with Gasteiger partial charge < -0.3 is 5.32 Å². The molecule has 2 aromatic carbocycles. The molecule has 0 bridgehead atoms. The van der Waals surface area contributed by atoms with Gasteiger partial charge in [-0.2, -0.15) is 13.2 Å². The number of carbonyl (C=O) groups excluding carboxylic acids is 1. The highest BCUT2D eigenvalue weighted by atomic mass is 19.4. The van der Waals surface area contributed by atoms with Crippen molar-refractivity contribution in [2.75, 3.05) is 18.0 Å². The zero-order valence-electron chi connectivity index (χ0n) is 15.1. The van der Waals surface area contributed by atoms with E-state index in [1.165, 1.54) is 11.0 Å². The second-order valence-corrected chi connectivity index (χ2v) is 6.73. The molecule has 1 atom stereocenters. The van der Waals surface area contributed by atoms with Crippen LogP contribution < -0.4 is 10.2 Å². The molecule has 1 amide bonds. The second kappa shape index (κ2) is 6.82. The van der Waals surface area contributed by atoms with Crippen molar-refractivity contribution < 1.29 is 18.0 Å². The molecular weight excluding hydrogens is 367 g/mol. The second-order valence-electron chi connectivity index (χ2n) is 6.73. The lowest BCUT2D eigenvalue weighted by Crippen LogP contribution is -2.30. The van der Waals surface area contributed by atoms with Gasteiger partial charge in [-0.3, -0.25) is 14.7 Å². The summed E-state index contributed by atoms with van der Waals surface area (Å²) in [7, 11) is 0. The maximum atomic E-state index is 13.3. The van der Waals surface area contributed by atoms with E-state index >= 15 is 0 Å². The number of aliphatic imine (C=N–C) groups is 1. The first kappa shape index (κ1) is 18.3. The van der Waals surface area contributed by atoms with Crippen LogP contribution in [0.5, 0.6) is 0 Å². The van der Waals surface area contributed by atoms with Gasteiger partial charge in [0.25, 0.3) is 5.91 Å². The Kier molecular flexibility index (Phi) is 4.45. The fourth-order valence-corrected chi connectivity index (χ4v) is 3.70. The summed E-state index contributed by atoms with van der Waals surface area (Å²) in [6, 6.07) is 13.4. The number of fused-ring (bicyclic) bond motifs is 1. The third-order valence-electron chi connectivity index (χ3n) is 4.95. The van der Waals surface area contributed by atoms with Gasteiger partial charge in [0.2, 0.25) is 0 Å². The van der Waals surface area contributed by atoms with Crippen molar-refractivity contribution in [2.24, 2.45) is 4.99 Å². The number of amides is 1. The first-order valence-electron chi connectivity index (χ1n) is 8.93. The number of nitrogens with zero attached hydrogens (tertiary/aromatic N) is 2. The Hall–Kier alpha value is -3.09. The van der Waals surface area contributed by atoms with Crippen molar-refractivity contribution in [3.05, 3.63) is 77.0 Å². The van der Waals surface area contributed by atoms with Crippen LogP contribution in [0.1, 0.15) is 24.1 Å². The van der Waals surface area contributed by atoms with E-state index in [9.17, 15) is 18.0 Å². The molecular formula is C21H18F3N3O. The van der Waals surface area contributed by atoms with Gasteiger partial charge in [-0.05, 0) is 36.8 Å². The van der Waals surface area contributed by atoms with Gasteiger partial charge in [0.05, 0.1) is 18.2 Å². The average Bonchev–Trinajstić information content (AvgIpc) is 2.83. The summed E-state index contributed by atoms with van der Waals surface area (Å²) in [6.07, 6.45) is -4.46. The fraction of sp³-hybridized carbons (Fsp3) is 0.238. The molecule has 2 aliphatic rings. The maximum absolute atomic E-state index is 13.3. The minimum absolute atomic E-state index is 0.299. The summed E-state index contributed by atoms with van der Waals surface area (Å²) in [5.74, 6) is -0.299. The Balaban J connectivity index is 1.93. The minimum atomic E-state index is -4.46. The van der Waals surface area contributed by atoms with E-state index in [0.29, 0.717) is 35.6 Å². The number of halogens is 3. The Labute approximate surface area is 160 Å². The van der Waals surface area contributed by atoms with Gasteiger partial charge in [0.1, 0.15) is 5.71 Å². The third-order valence-corrected chi connectivity index (χ3v) is 4.95. The molecule has 1 fully saturated rings. The number of nitrogens with one attached hydrogen (secondary N) is 1. The van der Waals surface area contributed by atoms with Crippen molar-refractivity contribution in [1.29, 1.82) is 0 Å². The van der Waals surface area contributed by atoms with E-state index < -0.39 is 17.8 Å². The molecule has 1 unspecified atom stereocenters. The minimum Gasteiger partial charge on any atom is -0.386 e. The van der Waals surface area contributed by atoms with E-state index in [-0.39, 0.29) is 5.91 Å². The highest BCUT2D eigenvalue weighted by Crippen LogP contribution is 2.42. The zero-order chi connectivity index (χ0) is 19.9. The molecule has 4 nitrogen and oxygen atoms in total. The molecule has 2 aliphatic heterocycles. The molecule has 0 saturated carbocycles. The molecule has 0 radical (unpaired) electrons. The highest BCUT2D eigenvalue weighted by Gasteiger charge is 2.45. The lowest BCUT2D eigenvalue weighted by molar-refractivity contribution is -0.137. The van der Waals surface area contributed by atoms with Crippen LogP contribution in [0.2, 0.25) is 0 Å². The summed E-state index contributed by atoms with van der Waals surface area (Å²) in [5.41, 5.74) is 1.97. The SMILES string of the molecule is CC1=C2C(=NCCN1)C(=O)N(c1ccccc1)C2c1cccc(C(F)(F)F)c1. The normalized spacial score (nSPS) is 19.9. The molecule has 144 valence electrons. The number of alkyl halides is 3. The fourth-order valence-electron chi connectivity index (χ4n) is 3.70. The van der Waals surface area contributed by atoms with Gasteiger partial charge in [-0.1, -0.05) is 30.3 Å². The van der Waals surface area contributed by atoms with Crippen molar-refractivity contribution in [3.63, 3.8) is 0 Å². The Bertz CT molecular complexity index is 980. The smallest absolute Gasteiger partial charge is 0.386 e. The summed E-state index contributed by atoms with van der Waals surface area (Å²) < 4.78 is 39.9. The third kappa shape index (κ3) is 3.06. The van der Waals surface area contributed by atoms with Crippen molar-refractivity contribution >= 4 is 17.3 Å². The van der Waals surface area contributed by atoms with Gasteiger partial charge in [-0.25, -0.2) is 0 Å². The van der Waals surface area contributed by atoms with E-state index in [1.807, 2.05) is 13.0 Å². The van der Waals surface area contributed by atoms with E-state index in [0.717, 1.165) is 17.8 Å². The number of hydrogen-bond donors (Lipinski definition) is 1. The molecule has 0 aromatic heterocycles. The van der Waals surface area contributed by atoms with Crippen LogP contribution in [0.25, 0.3) is 0 Å². The van der Waals surface area contributed by atoms with Crippen molar-refractivity contribution in [3.8, 4) is 0 Å². The van der Waals surface area contributed by atoms with Crippen LogP contribution in [0.3, 0.4) is 0 Å². The number of anilines is 1. The first-order valence-corrected chi connectivity index (χ1v) is 8.93. The molecule has 1 N–H and O–H groups in total. The quantitative estimate of drug-likeness (QED) is 0.846.